The summed E-state index contributed by atoms with van der Waals surface area (Å²) in [6, 6.07) is 9.66. The first kappa shape index (κ1) is 13.5. The standard InChI is InChI=1S/C13H7Cl3N4/c14-13(15,16)11-10-12(19-7-18-11)20-9(6-17-10)8-4-2-1-3-5-8/h1-7H. The Bertz CT molecular complexity index is 756. The van der Waals surface area contributed by atoms with Gasteiger partial charge in [0.05, 0.1) is 11.9 Å². The monoisotopic (exact) mass is 324 g/mol. The molecule has 20 heavy (non-hydrogen) atoms. The van der Waals surface area contributed by atoms with Crippen molar-refractivity contribution < 1.29 is 0 Å². The van der Waals surface area contributed by atoms with Gasteiger partial charge in [0, 0.05) is 5.56 Å². The van der Waals surface area contributed by atoms with E-state index in [1.165, 1.54) is 6.33 Å². The lowest BCUT2D eigenvalue weighted by molar-refractivity contribution is 1.04. The van der Waals surface area contributed by atoms with E-state index >= 15 is 0 Å². The summed E-state index contributed by atoms with van der Waals surface area (Å²) >= 11 is 17.6. The van der Waals surface area contributed by atoms with Gasteiger partial charge in [0.1, 0.15) is 17.5 Å². The van der Waals surface area contributed by atoms with Crippen LogP contribution in [0.25, 0.3) is 22.4 Å². The molecule has 3 rings (SSSR count). The van der Waals surface area contributed by atoms with Crippen LogP contribution in [-0.4, -0.2) is 19.9 Å². The average Bonchev–Trinajstić information content (AvgIpc) is 2.46. The third-order valence-corrected chi connectivity index (χ3v) is 3.22. The highest BCUT2D eigenvalue weighted by Crippen LogP contribution is 2.39. The van der Waals surface area contributed by atoms with Gasteiger partial charge in [0.2, 0.25) is 3.79 Å². The van der Waals surface area contributed by atoms with E-state index in [-0.39, 0.29) is 5.69 Å². The number of halogens is 3. The molecule has 0 aliphatic rings. The number of hydrogen-bond donors (Lipinski definition) is 0. The fourth-order valence-corrected chi connectivity index (χ4v) is 2.21. The van der Waals surface area contributed by atoms with Gasteiger partial charge in [0.15, 0.2) is 5.65 Å². The molecule has 0 saturated heterocycles. The Balaban J connectivity index is 2.19. The van der Waals surface area contributed by atoms with Gasteiger partial charge in [-0.15, -0.1) is 0 Å². The fourth-order valence-electron chi connectivity index (χ4n) is 1.79. The highest BCUT2D eigenvalue weighted by molar-refractivity contribution is 6.67. The molecule has 0 unspecified atom stereocenters. The number of alkyl halides is 3. The molecule has 0 bridgehead atoms. The maximum absolute atomic E-state index is 5.87. The second-order valence-corrected chi connectivity index (χ2v) is 6.29. The van der Waals surface area contributed by atoms with Crippen LogP contribution < -0.4 is 0 Å². The quantitative estimate of drug-likeness (QED) is 0.636. The normalized spacial score (nSPS) is 11.8. The van der Waals surface area contributed by atoms with E-state index in [9.17, 15) is 0 Å². The van der Waals surface area contributed by atoms with Crippen LogP contribution in [0.4, 0.5) is 0 Å². The molecule has 0 fully saturated rings. The Kier molecular flexibility index (Phi) is 3.46. The first-order chi connectivity index (χ1) is 9.55. The lowest BCUT2D eigenvalue weighted by Crippen LogP contribution is -2.07. The first-order valence-corrected chi connectivity index (χ1v) is 6.79. The molecular formula is C13H7Cl3N4. The molecule has 0 aliphatic carbocycles. The van der Waals surface area contributed by atoms with E-state index in [4.69, 9.17) is 34.8 Å². The van der Waals surface area contributed by atoms with Crippen LogP contribution in [0.2, 0.25) is 0 Å². The molecule has 0 saturated carbocycles. The largest absolute Gasteiger partial charge is 0.249 e. The zero-order chi connectivity index (χ0) is 14.2. The van der Waals surface area contributed by atoms with E-state index in [0.29, 0.717) is 16.9 Å². The summed E-state index contributed by atoms with van der Waals surface area (Å²) in [6.45, 7) is 0. The SMILES string of the molecule is ClC(Cl)(Cl)c1ncnc2nc(-c3ccccc3)cnc12. The van der Waals surface area contributed by atoms with Gasteiger partial charge >= 0.3 is 0 Å². The Morgan fingerprint density at radius 3 is 2.35 bits per heavy atom. The smallest absolute Gasteiger partial charge is 0.234 e. The van der Waals surface area contributed by atoms with E-state index in [1.54, 1.807) is 6.20 Å². The Labute approximate surface area is 129 Å². The third-order valence-electron chi connectivity index (χ3n) is 2.68. The van der Waals surface area contributed by atoms with Crippen LogP contribution in [0.15, 0.2) is 42.9 Å². The second-order valence-electron chi connectivity index (χ2n) is 4.01. The van der Waals surface area contributed by atoms with E-state index < -0.39 is 3.79 Å². The number of fused-ring (bicyclic) bond motifs is 1. The summed E-state index contributed by atoms with van der Waals surface area (Å²) < 4.78 is -1.66. The summed E-state index contributed by atoms with van der Waals surface area (Å²) in [4.78, 5) is 16.8. The topological polar surface area (TPSA) is 51.6 Å². The molecular weight excluding hydrogens is 319 g/mol. The van der Waals surface area contributed by atoms with Crippen LogP contribution in [0.5, 0.6) is 0 Å². The van der Waals surface area contributed by atoms with Crippen LogP contribution in [-0.2, 0) is 3.79 Å². The van der Waals surface area contributed by atoms with Crippen molar-refractivity contribution in [1.29, 1.82) is 0 Å². The van der Waals surface area contributed by atoms with Crippen molar-refractivity contribution in [1.82, 2.24) is 19.9 Å². The number of benzene rings is 1. The van der Waals surface area contributed by atoms with Crippen molar-refractivity contribution in [2.24, 2.45) is 0 Å². The zero-order valence-corrected chi connectivity index (χ0v) is 12.2. The molecule has 2 aromatic heterocycles. The van der Waals surface area contributed by atoms with Gasteiger partial charge in [-0.2, -0.15) is 0 Å². The molecule has 2 heterocycles. The molecule has 0 amide bonds. The highest BCUT2D eigenvalue weighted by Gasteiger charge is 2.28. The van der Waals surface area contributed by atoms with Gasteiger partial charge < -0.3 is 0 Å². The Hall–Kier alpha value is -1.49. The predicted octanol–water partition coefficient (Wildman–Crippen LogP) is 3.91. The van der Waals surface area contributed by atoms with E-state index in [2.05, 4.69) is 19.9 Å². The zero-order valence-electron chi connectivity index (χ0n) is 9.96. The molecule has 0 spiro atoms. The molecule has 1 aromatic carbocycles. The van der Waals surface area contributed by atoms with Crippen LogP contribution in [0, 0.1) is 0 Å². The predicted molar refractivity (Wildman–Crippen MR) is 79.8 cm³/mol. The molecule has 0 radical (unpaired) electrons. The minimum absolute atomic E-state index is 0.222. The lowest BCUT2D eigenvalue weighted by Gasteiger charge is -2.11. The number of nitrogens with zero attached hydrogens (tertiary/aromatic N) is 4. The summed E-state index contributed by atoms with van der Waals surface area (Å²) in [5, 5.41) is 0. The maximum atomic E-state index is 5.87. The molecule has 0 N–H and O–H groups in total. The van der Waals surface area contributed by atoms with E-state index in [0.717, 1.165) is 5.56 Å². The van der Waals surface area contributed by atoms with Crippen molar-refractivity contribution in [3.8, 4) is 11.3 Å². The van der Waals surface area contributed by atoms with Crippen molar-refractivity contribution in [3.05, 3.63) is 48.5 Å². The van der Waals surface area contributed by atoms with Crippen molar-refractivity contribution in [2.45, 2.75) is 3.79 Å². The lowest BCUT2D eigenvalue weighted by atomic mass is 10.2. The fraction of sp³-hybridized carbons (Fsp3) is 0.0769. The first-order valence-electron chi connectivity index (χ1n) is 5.66. The average molecular weight is 326 g/mol. The summed E-state index contributed by atoms with van der Waals surface area (Å²) in [5.41, 5.74) is 2.64. The number of hydrogen-bond acceptors (Lipinski definition) is 4. The molecule has 3 aromatic rings. The van der Waals surface area contributed by atoms with Gasteiger partial charge in [-0.3, -0.25) is 0 Å². The Morgan fingerprint density at radius 1 is 0.900 bits per heavy atom. The maximum Gasteiger partial charge on any atom is 0.234 e. The van der Waals surface area contributed by atoms with E-state index in [1.807, 2.05) is 30.3 Å². The minimum atomic E-state index is -1.66. The van der Waals surface area contributed by atoms with Crippen molar-refractivity contribution in [3.63, 3.8) is 0 Å². The van der Waals surface area contributed by atoms with Gasteiger partial charge in [-0.05, 0) is 0 Å². The summed E-state index contributed by atoms with van der Waals surface area (Å²) in [7, 11) is 0. The van der Waals surface area contributed by atoms with Gasteiger partial charge in [0.25, 0.3) is 0 Å². The molecule has 100 valence electrons. The number of rotatable bonds is 1. The molecule has 4 nitrogen and oxygen atoms in total. The Morgan fingerprint density at radius 2 is 1.65 bits per heavy atom. The molecule has 7 heteroatoms. The van der Waals surface area contributed by atoms with Gasteiger partial charge in [-0.1, -0.05) is 65.1 Å². The van der Waals surface area contributed by atoms with Gasteiger partial charge in [-0.25, -0.2) is 19.9 Å². The minimum Gasteiger partial charge on any atom is -0.249 e. The number of aromatic nitrogens is 4. The van der Waals surface area contributed by atoms with Crippen LogP contribution in [0.3, 0.4) is 0 Å². The highest BCUT2D eigenvalue weighted by atomic mass is 35.6. The molecule has 0 atom stereocenters. The van der Waals surface area contributed by atoms with Crippen molar-refractivity contribution in [2.75, 3.05) is 0 Å². The summed E-state index contributed by atoms with van der Waals surface area (Å²) in [5.74, 6) is 0. The summed E-state index contributed by atoms with van der Waals surface area (Å²) in [6.07, 6.45) is 2.92. The third kappa shape index (κ3) is 2.54. The second kappa shape index (κ2) is 5.13. The van der Waals surface area contributed by atoms with Crippen LogP contribution >= 0.6 is 34.8 Å². The van der Waals surface area contributed by atoms with Crippen LogP contribution in [0.1, 0.15) is 5.69 Å². The van der Waals surface area contributed by atoms with Crippen molar-refractivity contribution >= 4 is 46.0 Å². The molecule has 0 aliphatic heterocycles.